The number of benzene rings is 1. The Morgan fingerprint density at radius 2 is 1.60 bits per heavy atom. The molecule has 0 N–H and O–H groups in total. The number of ether oxygens (including phenoxy) is 2. The van der Waals surface area contributed by atoms with Gasteiger partial charge in [-0.2, -0.15) is 8.42 Å². The molecule has 2 aromatic heterocycles. The van der Waals surface area contributed by atoms with E-state index in [0.29, 0.717) is 23.1 Å². The molecule has 184 valence electrons. The average Bonchev–Trinajstić information content (AvgIpc) is 2.88. The standard InChI is InChI=1S/C23H25N5O6S/c1-16-21(33-19-5-3-17(4-6-19)18-13-31-35(29,30)32-14-18)26-15-27-22(16)34-20-7-11-28(12-8-20)23-24-9-2-10-25-23/h2-6,9-10,15,18,20H,7-8,11-14H2,1H3. The maximum Gasteiger partial charge on any atom is 0.399 e. The van der Waals surface area contributed by atoms with E-state index in [2.05, 4.69) is 24.8 Å². The molecular weight excluding hydrogens is 474 g/mol. The van der Waals surface area contributed by atoms with E-state index in [-0.39, 0.29) is 25.2 Å². The fraction of sp³-hybridized carbons (Fsp3) is 0.391. The molecule has 1 aromatic carbocycles. The molecule has 35 heavy (non-hydrogen) atoms. The second-order valence-electron chi connectivity index (χ2n) is 8.31. The fourth-order valence-corrected chi connectivity index (χ4v) is 4.68. The number of anilines is 1. The Labute approximate surface area is 203 Å². The van der Waals surface area contributed by atoms with Crippen LogP contribution < -0.4 is 14.4 Å². The first-order chi connectivity index (χ1) is 17.0. The molecule has 0 bridgehead atoms. The van der Waals surface area contributed by atoms with Gasteiger partial charge in [0.25, 0.3) is 0 Å². The van der Waals surface area contributed by atoms with Crippen LogP contribution in [0.3, 0.4) is 0 Å². The first kappa shape index (κ1) is 23.4. The molecule has 5 rings (SSSR count). The van der Waals surface area contributed by atoms with Gasteiger partial charge in [0.2, 0.25) is 17.7 Å². The number of hydrogen-bond donors (Lipinski definition) is 0. The lowest BCUT2D eigenvalue weighted by Gasteiger charge is -2.32. The average molecular weight is 500 g/mol. The van der Waals surface area contributed by atoms with Gasteiger partial charge in [0.05, 0.1) is 18.8 Å². The van der Waals surface area contributed by atoms with Crippen molar-refractivity contribution in [3.8, 4) is 17.5 Å². The van der Waals surface area contributed by atoms with Crippen LogP contribution >= 0.6 is 0 Å². The Morgan fingerprint density at radius 3 is 2.29 bits per heavy atom. The highest BCUT2D eigenvalue weighted by atomic mass is 32.3. The summed E-state index contributed by atoms with van der Waals surface area (Å²) in [5.41, 5.74) is 1.60. The van der Waals surface area contributed by atoms with Crippen molar-refractivity contribution in [1.29, 1.82) is 0 Å². The highest BCUT2D eigenvalue weighted by Gasteiger charge is 2.27. The second-order valence-corrected chi connectivity index (χ2v) is 9.60. The summed E-state index contributed by atoms with van der Waals surface area (Å²) in [5, 5.41) is 0. The third-order valence-electron chi connectivity index (χ3n) is 5.94. The van der Waals surface area contributed by atoms with Gasteiger partial charge in [-0.25, -0.2) is 28.3 Å². The van der Waals surface area contributed by atoms with Crippen molar-refractivity contribution in [2.24, 2.45) is 0 Å². The van der Waals surface area contributed by atoms with Gasteiger partial charge in [0, 0.05) is 44.2 Å². The fourth-order valence-electron chi connectivity index (χ4n) is 3.95. The first-order valence-corrected chi connectivity index (χ1v) is 12.6. The van der Waals surface area contributed by atoms with Gasteiger partial charge in [0.1, 0.15) is 18.2 Å². The summed E-state index contributed by atoms with van der Waals surface area (Å²) in [6.07, 6.45) is 6.60. The van der Waals surface area contributed by atoms with E-state index in [1.807, 2.05) is 19.1 Å². The summed E-state index contributed by atoms with van der Waals surface area (Å²) in [6, 6.07) is 9.09. The summed E-state index contributed by atoms with van der Waals surface area (Å²) in [4.78, 5) is 19.4. The van der Waals surface area contributed by atoms with E-state index < -0.39 is 10.4 Å². The number of hydrogen-bond acceptors (Lipinski definition) is 11. The maximum atomic E-state index is 11.2. The third-order valence-corrected chi connectivity index (χ3v) is 6.79. The predicted molar refractivity (Wildman–Crippen MR) is 125 cm³/mol. The lowest BCUT2D eigenvalue weighted by molar-refractivity contribution is 0.135. The highest BCUT2D eigenvalue weighted by molar-refractivity contribution is 7.81. The van der Waals surface area contributed by atoms with Gasteiger partial charge in [0.15, 0.2) is 0 Å². The molecule has 0 spiro atoms. The summed E-state index contributed by atoms with van der Waals surface area (Å²) >= 11 is 0. The second kappa shape index (κ2) is 10.1. The van der Waals surface area contributed by atoms with Crippen molar-refractivity contribution >= 4 is 16.3 Å². The van der Waals surface area contributed by atoms with Crippen LogP contribution in [0.2, 0.25) is 0 Å². The molecule has 0 atom stereocenters. The van der Waals surface area contributed by atoms with Gasteiger partial charge in [-0.15, -0.1) is 0 Å². The van der Waals surface area contributed by atoms with Gasteiger partial charge in [-0.3, -0.25) is 0 Å². The SMILES string of the molecule is Cc1c(Oc2ccc(C3COS(=O)(=O)OC3)cc2)ncnc1OC1CCN(c2ncccn2)CC1. The van der Waals surface area contributed by atoms with Crippen molar-refractivity contribution in [3.05, 3.63) is 60.2 Å². The van der Waals surface area contributed by atoms with Crippen LogP contribution in [0.1, 0.15) is 29.9 Å². The van der Waals surface area contributed by atoms with E-state index in [4.69, 9.17) is 17.8 Å². The van der Waals surface area contributed by atoms with Crippen LogP contribution in [0.5, 0.6) is 17.5 Å². The van der Waals surface area contributed by atoms with Crippen molar-refractivity contribution in [1.82, 2.24) is 19.9 Å². The van der Waals surface area contributed by atoms with Gasteiger partial charge >= 0.3 is 10.4 Å². The van der Waals surface area contributed by atoms with Crippen LogP contribution in [0.15, 0.2) is 49.1 Å². The number of rotatable bonds is 6. The molecule has 3 aromatic rings. The quantitative estimate of drug-likeness (QED) is 0.497. The van der Waals surface area contributed by atoms with Crippen LogP contribution in [0.25, 0.3) is 0 Å². The topological polar surface area (TPSA) is 126 Å². The normalized spacial score (nSPS) is 18.8. The summed E-state index contributed by atoms with van der Waals surface area (Å²) in [7, 11) is -3.87. The molecule has 2 aliphatic heterocycles. The molecule has 11 nitrogen and oxygen atoms in total. The van der Waals surface area contributed by atoms with Gasteiger partial charge < -0.3 is 14.4 Å². The smallest absolute Gasteiger partial charge is 0.399 e. The monoisotopic (exact) mass is 499 g/mol. The zero-order valence-electron chi connectivity index (χ0n) is 19.1. The lowest BCUT2D eigenvalue weighted by Crippen LogP contribution is -2.39. The molecule has 0 radical (unpaired) electrons. The third kappa shape index (κ3) is 5.66. The summed E-state index contributed by atoms with van der Waals surface area (Å²) in [5.74, 6) is 2.06. The van der Waals surface area contributed by atoms with Gasteiger partial charge in [-0.05, 0) is 30.7 Å². The van der Waals surface area contributed by atoms with Gasteiger partial charge in [-0.1, -0.05) is 12.1 Å². The largest absolute Gasteiger partial charge is 0.474 e. The molecule has 2 fully saturated rings. The maximum absolute atomic E-state index is 11.2. The highest BCUT2D eigenvalue weighted by Crippen LogP contribution is 2.31. The van der Waals surface area contributed by atoms with Crippen LogP contribution in [0, 0.1) is 6.92 Å². The van der Waals surface area contributed by atoms with Crippen LogP contribution in [0.4, 0.5) is 5.95 Å². The van der Waals surface area contributed by atoms with Crippen molar-refractivity contribution in [2.75, 3.05) is 31.2 Å². The van der Waals surface area contributed by atoms with Crippen LogP contribution in [-0.4, -0.2) is 60.8 Å². The Bertz CT molecular complexity index is 1240. The minimum Gasteiger partial charge on any atom is -0.474 e. The molecule has 4 heterocycles. The Balaban J connectivity index is 1.19. The van der Waals surface area contributed by atoms with E-state index in [9.17, 15) is 8.42 Å². The minimum absolute atomic E-state index is 0.0273. The minimum atomic E-state index is -3.87. The number of piperidine rings is 1. The Hall–Kier alpha value is -3.35. The first-order valence-electron chi connectivity index (χ1n) is 11.3. The Kier molecular flexibility index (Phi) is 6.75. The van der Waals surface area contributed by atoms with Crippen LogP contribution in [-0.2, 0) is 18.8 Å². The van der Waals surface area contributed by atoms with E-state index in [1.54, 1.807) is 30.6 Å². The predicted octanol–water partition coefficient (Wildman–Crippen LogP) is 2.79. The molecule has 12 heteroatoms. The lowest BCUT2D eigenvalue weighted by atomic mass is 10.0. The van der Waals surface area contributed by atoms with Crippen molar-refractivity contribution in [2.45, 2.75) is 31.8 Å². The molecular formula is C23H25N5O6S. The molecule has 0 saturated carbocycles. The number of nitrogens with zero attached hydrogens (tertiary/aromatic N) is 5. The molecule has 0 unspecified atom stereocenters. The summed E-state index contributed by atoms with van der Waals surface area (Å²) in [6.45, 7) is 3.56. The Morgan fingerprint density at radius 1 is 0.943 bits per heavy atom. The van der Waals surface area contributed by atoms with Crippen molar-refractivity contribution < 1.29 is 26.3 Å². The van der Waals surface area contributed by atoms with Crippen molar-refractivity contribution in [3.63, 3.8) is 0 Å². The molecule has 0 aliphatic carbocycles. The van der Waals surface area contributed by atoms with E-state index in [1.165, 1.54) is 6.33 Å². The number of aromatic nitrogens is 4. The molecule has 2 saturated heterocycles. The molecule has 0 amide bonds. The van der Waals surface area contributed by atoms with E-state index >= 15 is 0 Å². The zero-order valence-corrected chi connectivity index (χ0v) is 19.9. The summed E-state index contributed by atoms with van der Waals surface area (Å²) < 4.78 is 44.2. The zero-order chi connectivity index (χ0) is 24.3. The molecule has 2 aliphatic rings. The van der Waals surface area contributed by atoms with E-state index in [0.717, 1.165) is 37.4 Å².